The van der Waals surface area contributed by atoms with Crippen molar-refractivity contribution < 1.29 is 0 Å². The summed E-state index contributed by atoms with van der Waals surface area (Å²) < 4.78 is 2.27. The van der Waals surface area contributed by atoms with Crippen LogP contribution >= 0.6 is 0 Å². The lowest BCUT2D eigenvalue weighted by Gasteiger charge is -2.17. The number of imidazole rings is 1. The number of nitrogens with zero attached hydrogens (tertiary/aromatic N) is 2. The van der Waals surface area contributed by atoms with Gasteiger partial charge in [0, 0.05) is 12.0 Å². The fourth-order valence-corrected chi connectivity index (χ4v) is 3.06. The van der Waals surface area contributed by atoms with Gasteiger partial charge >= 0.3 is 0 Å². The van der Waals surface area contributed by atoms with Crippen molar-refractivity contribution in [3.8, 4) is 0 Å². The summed E-state index contributed by atoms with van der Waals surface area (Å²) in [6.45, 7) is 8.86. The minimum absolute atomic E-state index is 0.411. The zero-order valence-corrected chi connectivity index (χ0v) is 12.2. The highest BCUT2D eigenvalue weighted by molar-refractivity contribution is 5.40. The van der Waals surface area contributed by atoms with E-state index in [1.165, 1.54) is 31.5 Å². The first-order chi connectivity index (χ1) is 8.50. The van der Waals surface area contributed by atoms with Gasteiger partial charge < -0.3 is 10.3 Å². The van der Waals surface area contributed by atoms with Crippen LogP contribution in [-0.2, 0) is 6.42 Å². The van der Waals surface area contributed by atoms with Crippen LogP contribution in [0, 0.1) is 5.92 Å². The minimum atomic E-state index is 0.411. The minimum Gasteiger partial charge on any atom is -0.384 e. The van der Waals surface area contributed by atoms with Gasteiger partial charge in [-0.25, -0.2) is 4.98 Å². The third-order valence-corrected chi connectivity index (χ3v) is 3.89. The molecule has 0 amide bonds. The van der Waals surface area contributed by atoms with Gasteiger partial charge in [-0.05, 0) is 39.0 Å². The molecule has 0 saturated heterocycles. The van der Waals surface area contributed by atoms with Crippen LogP contribution in [0.4, 0.5) is 5.82 Å². The molecule has 3 heteroatoms. The molecule has 2 N–H and O–H groups in total. The second kappa shape index (κ2) is 5.33. The molecular weight excluding hydrogens is 222 g/mol. The van der Waals surface area contributed by atoms with Gasteiger partial charge in [-0.3, -0.25) is 0 Å². The molecule has 2 rings (SSSR count). The maximum absolute atomic E-state index is 6.32. The first kappa shape index (κ1) is 13.4. The third-order valence-electron chi connectivity index (χ3n) is 3.89. The van der Waals surface area contributed by atoms with Crippen LogP contribution in [0.25, 0.3) is 0 Å². The fraction of sp³-hybridized carbons (Fsp3) is 0.800. The summed E-state index contributed by atoms with van der Waals surface area (Å²) in [7, 11) is 0. The van der Waals surface area contributed by atoms with Crippen LogP contribution in [0.1, 0.15) is 76.9 Å². The van der Waals surface area contributed by atoms with Crippen molar-refractivity contribution in [2.45, 2.75) is 71.8 Å². The van der Waals surface area contributed by atoms with Crippen LogP contribution in [-0.4, -0.2) is 9.55 Å². The smallest absolute Gasteiger partial charge is 0.127 e. The van der Waals surface area contributed by atoms with E-state index in [0.717, 1.165) is 17.9 Å². The van der Waals surface area contributed by atoms with E-state index in [1.807, 2.05) is 0 Å². The monoisotopic (exact) mass is 249 g/mol. The predicted molar refractivity (Wildman–Crippen MR) is 76.8 cm³/mol. The standard InChI is InChI=1S/C15H27N3/c1-10(2)9-13-14(16)18(11(3)4)15(17-13)12-7-5-6-8-12/h10-12H,5-9,16H2,1-4H3. The second-order valence-corrected chi connectivity index (χ2v) is 6.35. The van der Waals surface area contributed by atoms with E-state index in [4.69, 9.17) is 10.7 Å². The van der Waals surface area contributed by atoms with E-state index < -0.39 is 0 Å². The lowest BCUT2D eigenvalue weighted by atomic mass is 10.1. The molecule has 3 nitrogen and oxygen atoms in total. The molecule has 18 heavy (non-hydrogen) atoms. The van der Waals surface area contributed by atoms with Crippen LogP contribution in [0.2, 0.25) is 0 Å². The molecule has 1 fully saturated rings. The molecule has 0 spiro atoms. The number of anilines is 1. The molecule has 0 aliphatic heterocycles. The van der Waals surface area contributed by atoms with E-state index in [9.17, 15) is 0 Å². The topological polar surface area (TPSA) is 43.8 Å². The number of hydrogen-bond donors (Lipinski definition) is 1. The maximum Gasteiger partial charge on any atom is 0.127 e. The molecule has 1 aliphatic rings. The molecular formula is C15H27N3. The average molecular weight is 249 g/mol. The van der Waals surface area contributed by atoms with Gasteiger partial charge in [0.15, 0.2) is 0 Å². The van der Waals surface area contributed by atoms with Crippen molar-refractivity contribution in [3.63, 3.8) is 0 Å². The lowest BCUT2D eigenvalue weighted by molar-refractivity contribution is 0.534. The lowest BCUT2D eigenvalue weighted by Crippen LogP contribution is -2.12. The molecule has 1 aromatic heterocycles. The Morgan fingerprint density at radius 3 is 2.33 bits per heavy atom. The number of nitrogen functional groups attached to an aromatic ring is 1. The quantitative estimate of drug-likeness (QED) is 0.879. The van der Waals surface area contributed by atoms with Gasteiger partial charge in [-0.2, -0.15) is 0 Å². The molecule has 0 unspecified atom stereocenters. The van der Waals surface area contributed by atoms with Gasteiger partial charge in [-0.15, -0.1) is 0 Å². The Hall–Kier alpha value is -0.990. The molecule has 1 saturated carbocycles. The highest BCUT2D eigenvalue weighted by atomic mass is 15.2. The zero-order chi connectivity index (χ0) is 13.3. The SMILES string of the molecule is CC(C)Cc1nc(C2CCCC2)n(C(C)C)c1N. The average Bonchev–Trinajstić information content (AvgIpc) is 2.86. The van der Waals surface area contributed by atoms with Crippen molar-refractivity contribution in [3.05, 3.63) is 11.5 Å². The van der Waals surface area contributed by atoms with Gasteiger partial charge in [0.2, 0.25) is 0 Å². The molecule has 102 valence electrons. The van der Waals surface area contributed by atoms with E-state index >= 15 is 0 Å². The Balaban J connectivity index is 2.37. The van der Waals surface area contributed by atoms with Gasteiger partial charge in [0.05, 0.1) is 5.69 Å². The Morgan fingerprint density at radius 1 is 1.22 bits per heavy atom. The number of hydrogen-bond acceptors (Lipinski definition) is 2. The number of rotatable bonds is 4. The van der Waals surface area contributed by atoms with E-state index in [2.05, 4.69) is 32.3 Å². The zero-order valence-electron chi connectivity index (χ0n) is 12.2. The first-order valence-electron chi connectivity index (χ1n) is 7.37. The van der Waals surface area contributed by atoms with Crippen molar-refractivity contribution >= 4 is 5.82 Å². The van der Waals surface area contributed by atoms with Crippen molar-refractivity contribution in [1.29, 1.82) is 0 Å². The molecule has 0 atom stereocenters. The van der Waals surface area contributed by atoms with E-state index in [1.54, 1.807) is 0 Å². The van der Waals surface area contributed by atoms with E-state index in [-0.39, 0.29) is 0 Å². The van der Waals surface area contributed by atoms with Gasteiger partial charge in [0.1, 0.15) is 11.6 Å². The number of nitrogens with two attached hydrogens (primary N) is 1. The largest absolute Gasteiger partial charge is 0.384 e. The van der Waals surface area contributed by atoms with Crippen LogP contribution in [0.3, 0.4) is 0 Å². The second-order valence-electron chi connectivity index (χ2n) is 6.35. The summed E-state index contributed by atoms with van der Waals surface area (Å²) in [4.78, 5) is 4.89. The van der Waals surface area contributed by atoms with Crippen molar-refractivity contribution in [2.75, 3.05) is 5.73 Å². The number of aromatic nitrogens is 2. The normalized spacial score (nSPS) is 17.2. The highest BCUT2D eigenvalue weighted by Crippen LogP contribution is 2.36. The molecule has 1 aromatic rings. The van der Waals surface area contributed by atoms with Crippen LogP contribution in [0.15, 0.2) is 0 Å². The summed E-state index contributed by atoms with van der Waals surface area (Å²) in [6, 6.07) is 0.411. The summed E-state index contributed by atoms with van der Waals surface area (Å²) in [5.41, 5.74) is 7.43. The third kappa shape index (κ3) is 2.55. The molecule has 1 aliphatic carbocycles. The fourth-order valence-electron chi connectivity index (χ4n) is 3.06. The Labute approximate surface area is 111 Å². The van der Waals surface area contributed by atoms with Crippen molar-refractivity contribution in [1.82, 2.24) is 9.55 Å². The highest BCUT2D eigenvalue weighted by Gasteiger charge is 2.26. The first-order valence-corrected chi connectivity index (χ1v) is 7.37. The van der Waals surface area contributed by atoms with Crippen LogP contribution in [0.5, 0.6) is 0 Å². The van der Waals surface area contributed by atoms with E-state index in [0.29, 0.717) is 17.9 Å². The Kier molecular flexibility index (Phi) is 3.98. The van der Waals surface area contributed by atoms with Gasteiger partial charge in [-0.1, -0.05) is 26.7 Å². The Morgan fingerprint density at radius 2 is 1.83 bits per heavy atom. The molecule has 0 aromatic carbocycles. The maximum atomic E-state index is 6.32. The summed E-state index contributed by atoms with van der Waals surface area (Å²) >= 11 is 0. The van der Waals surface area contributed by atoms with Gasteiger partial charge in [0.25, 0.3) is 0 Å². The summed E-state index contributed by atoms with van der Waals surface area (Å²) in [6.07, 6.45) is 6.24. The predicted octanol–water partition coefficient (Wildman–Crippen LogP) is 3.90. The van der Waals surface area contributed by atoms with Crippen molar-refractivity contribution in [2.24, 2.45) is 5.92 Å². The molecule has 1 heterocycles. The molecule has 0 radical (unpaired) electrons. The summed E-state index contributed by atoms with van der Waals surface area (Å²) in [5, 5.41) is 0. The van der Waals surface area contributed by atoms with Crippen LogP contribution < -0.4 is 5.73 Å². The molecule has 0 bridgehead atoms. The Bertz CT molecular complexity index is 398. The summed E-state index contributed by atoms with van der Waals surface area (Å²) in [5.74, 6) is 3.39.